The number of hydrogen-bond acceptors (Lipinski definition) is 5. The van der Waals surface area contributed by atoms with E-state index in [0.717, 1.165) is 5.75 Å². The van der Waals surface area contributed by atoms with Crippen LogP contribution in [0.25, 0.3) is 0 Å². The van der Waals surface area contributed by atoms with Crippen molar-refractivity contribution < 1.29 is 24.2 Å². The number of anilines is 1. The van der Waals surface area contributed by atoms with Crippen LogP contribution >= 0.6 is 0 Å². The van der Waals surface area contributed by atoms with Gasteiger partial charge in [0.05, 0.1) is 13.0 Å². The Morgan fingerprint density at radius 3 is 2.31 bits per heavy atom. The second-order valence-electron chi connectivity index (χ2n) is 5.53. The predicted octanol–water partition coefficient (Wildman–Crippen LogP) is 2.50. The summed E-state index contributed by atoms with van der Waals surface area (Å²) in [4.78, 5) is 23.3. The summed E-state index contributed by atoms with van der Waals surface area (Å²) in [5.41, 5.74) is 0.566. The first-order chi connectivity index (χ1) is 12.6. The van der Waals surface area contributed by atoms with Crippen molar-refractivity contribution in [2.45, 2.75) is 12.5 Å². The summed E-state index contributed by atoms with van der Waals surface area (Å²) in [5.74, 6) is -0.114. The Morgan fingerprint density at radius 2 is 1.69 bits per heavy atom. The quantitative estimate of drug-likeness (QED) is 0.565. The first-order valence-electron chi connectivity index (χ1n) is 8.16. The summed E-state index contributed by atoms with van der Waals surface area (Å²) < 4.78 is 10.5. The van der Waals surface area contributed by atoms with E-state index in [0.29, 0.717) is 24.6 Å². The predicted molar refractivity (Wildman–Crippen MR) is 97.5 cm³/mol. The van der Waals surface area contributed by atoms with Gasteiger partial charge in [0.2, 0.25) is 5.91 Å². The molecule has 0 saturated carbocycles. The number of rotatable bonds is 10. The van der Waals surface area contributed by atoms with Crippen LogP contribution in [0.2, 0.25) is 0 Å². The summed E-state index contributed by atoms with van der Waals surface area (Å²) in [7, 11) is 1.52. The highest BCUT2D eigenvalue weighted by atomic mass is 16.5. The molecule has 3 N–H and O–H groups in total. The maximum Gasteiger partial charge on any atom is 0.321 e. The molecule has 0 aromatic heterocycles. The number of amides is 1. The van der Waals surface area contributed by atoms with Gasteiger partial charge in [-0.1, -0.05) is 18.2 Å². The molecular formula is C19H22N2O5. The molecule has 2 aromatic carbocycles. The maximum atomic E-state index is 12.1. The summed E-state index contributed by atoms with van der Waals surface area (Å²) in [5, 5.41) is 14.6. The van der Waals surface area contributed by atoms with E-state index in [9.17, 15) is 9.59 Å². The Kier molecular flexibility index (Phi) is 7.60. The number of hydrogen-bond donors (Lipinski definition) is 3. The van der Waals surface area contributed by atoms with E-state index in [4.69, 9.17) is 14.6 Å². The fourth-order valence-corrected chi connectivity index (χ4v) is 2.21. The number of nitrogens with one attached hydrogen (secondary N) is 2. The van der Waals surface area contributed by atoms with Crippen molar-refractivity contribution >= 4 is 17.6 Å². The summed E-state index contributed by atoms with van der Waals surface area (Å²) in [6, 6.07) is 15.2. The van der Waals surface area contributed by atoms with E-state index in [2.05, 4.69) is 10.6 Å². The molecule has 138 valence electrons. The summed E-state index contributed by atoms with van der Waals surface area (Å²) in [6.07, 6.45) is -0.179. The highest BCUT2D eigenvalue weighted by Gasteiger charge is 2.20. The van der Waals surface area contributed by atoms with Crippen molar-refractivity contribution in [1.29, 1.82) is 0 Å². The van der Waals surface area contributed by atoms with Crippen LogP contribution in [-0.2, 0) is 14.3 Å². The molecule has 0 aliphatic carbocycles. The van der Waals surface area contributed by atoms with E-state index in [-0.39, 0.29) is 12.3 Å². The van der Waals surface area contributed by atoms with Crippen molar-refractivity contribution in [3.8, 4) is 11.5 Å². The number of ether oxygens (including phenoxy) is 2. The molecule has 1 amide bonds. The van der Waals surface area contributed by atoms with Crippen LogP contribution in [0.5, 0.6) is 11.5 Å². The molecule has 2 aromatic rings. The lowest BCUT2D eigenvalue weighted by Crippen LogP contribution is -2.41. The molecule has 0 fully saturated rings. The van der Waals surface area contributed by atoms with Gasteiger partial charge in [-0.2, -0.15) is 0 Å². The smallest absolute Gasteiger partial charge is 0.321 e. The second-order valence-corrected chi connectivity index (χ2v) is 5.53. The number of benzene rings is 2. The number of para-hydroxylation sites is 1. The van der Waals surface area contributed by atoms with Crippen molar-refractivity contribution in [2.24, 2.45) is 0 Å². The minimum atomic E-state index is -1.08. The van der Waals surface area contributed by atoms with E-state index < -0.39 is 12.0 Å². The Balaban J connectivity index is 1.87. The molecule has 1 atom stereocenters. The number of carboxylic acids is 1. The Hall–Kier alpha value is -2.90. The fourth-order valence-electron chi connectivity index (χ4n) is 2.21. The third-order valence-electron chi connectivity index (χ3n) is 3.50. The zero-order valence-electron chi connectivity index (χ0n) is 14.5. The van der Waals surface area contributed by atoms with Gasteiger partial charge in [-0.25, -0.2) is 0 Å². The number of carbonyl (C=O) groups excluding carboxylic acids is 1. The average Bonchev–Trinajstić information content (AvgIpc) is 2.63. The molecule has 1 unspecified atom stereocenters. The van der Waals surface area contributed by atoms with Crippen LogP contribution in [0.4, 0.5) is 5.69 Å². The monoisotopic (exact) mass is 358 g/mol. The number of methoxy groups -OCH3 is 1. The average molecular weight is 358 g/mol. The second kappa shape index (κ2) is 10.2. The van der Waals surface area contributed by atoms with Gasteiger partial charge < -0.3 is 25.2 Å². The van der Waals surface area contributed by atoms with Crippen molar-refractivity contribution in [1.82, 2.24) is 5.32 Å². The first-order valence-corrected chi connectivity index (χ1v) is 8.16. The Labute approximate surface area is 151 Å². The zero-order valence-corrected chi connectivity index (χ0v) is 14.5. The highest BCUT2D eigenvalue weighted by Crippen LogP contribution is 2.22. The van der Waals surface area contributed by atoms with Gasteiger partial charge in [0.15, 0.2) is 0 Å². The van der Waals surface area contributed by atoms with Crippen LogP contribution in [0.3, 0.4) is 0 Å². The van der Waals surface area contributed by atoms with Gasteiger partial charge in [0.25, 0.3) is 0 Å². The molecule has 26 heavy (non-hydrogen) atoms. The molecule has 0 aliphatic rings. The third kappa shape index (κ3) is 6.54. The standard InChI is InChI=1S/C19H22N2O5/c1-25-12-11-20-17(19(23)24)13-18(22)21-14-7-9-16(10-8-14)26-15-5-3-2-4-6-15/h2-10,17,20H,11-13H2,1H3,(H,21,22)(H,23,24). The maximum absolute atomic E-state index is 12.1. The number of aliphatic carboxylic acids is 1. The lowest BCUT2D eigenvalue weighted by Gasteiger charge is -2.14. The minimum absolute atomic E-state index is 0.179. The van der Waals surface area contributed by atoms with Gasteiger partial charge in [-0.15, -0.1) is 0 Å². The van der Waals surface area contributed by atoms with E-state index >= 15 is 0 Å². The molecule has 0 spiro atoms. The molecule has 7 nitrogen and oxygen atoms in total. The third-order valence-corrected chi connectivity index (χ3v) is 3.50. The molecule has 0 saturated heterocycles. The topological polar surface area (TPSA) is 96.9 Å². The van der Waals surface area contributed by atoms with Crippen LogP contribution < -0.4 is 15.4 Å². The van der Waals surface area contributed by atoms with Crippen molar-refractivity contribution in [3.63, 3.8) is 0 Å². The van der Waals surface area contributed by atoms with E-state index in [1.165, 1.54) is 7.11 Å². The van der Waals surface area contributed by atoms with Gasteiger partial charge in [-0.05, 0) is 36.4 Å². The van der Waals surface area contributed by atoms with E-state index in [1.807, 2.05) is 30.3 Å². The fraction of sp³-hybridized carbons (Fsp3) is 0.263. The van der Waals surface area contributed by atoms with Gasteiger partial charge >= 0.3 is 5.97 Å². The van der Waals surface area contributed by atoms with Crippen LogP contribution in [0.15, 0.2) is 54.6 Å². The minimum Gasteiger partial charge on any atom is -0.480 e. The molecule has 2 rings (SSSR count). The van der Waals surface area contributed by atoms with Gasteiger partial charge in [0, 0.05) is 19.3 Å². The zero-order chi connectivity index (χ0) is 18.8. The Morgan fingerprint density at radius 1 is 1.04 bits per heavy atom. The molecule has 0 radical (unpaired) electrons. The highest BCUT2D eigenvalue weighted by molar-refractivity contribution is 5.94. The van der Waals surface area contributed by atoms with Crippen molar-refractivity contribution in [3.05, 3.63) is 54.6 Å². The normalized spacial score (nSPS) is 11.6. The molecular weight excluding hydrogens is 336 g/mol. The van der Waals surface area contributed by atoms with Crippen LogP contribution in [0.1, 0.15) is 6.42 Å². The Bertz CT molecular complexity index is 704. The molecule has 0 aliphatic heterocycles. The number of carboxylic acid groups (broad SMARTS) is 1. The van der Waals surface area contributed by atoms with Crippen LogP contribution in [-0.4, -0.2) is 43.3 Å². The number of carbonyl (C=O) groups is 2. The van der Waals surface area contributed by atoms with Gasteiger partial charge in [0.1, 0.15) is 17.5 Å². The lowest BCUT2D eigenvalue weighted by molar-refractivity contribution is -0.141. The molecule has 0 bridgehead atoms. The van der Waals surface area contributed by atoms with Crippen LogP contribution in [0, 0.1) is 0 Å². The SMILES string of the molecule is COCCNC(CC(=O)Nc1ccc(Oc2ccccc2)cc1)C(=O)O. The van der Waals surface area contributed by atoms with Gasteiger partial charge in [-0.3, -0.25) is 9.59 Å². The van der Waals surface area contributed by atoms with E-state index in [1.54, 1.807) is 24.3 Å². The largest absolute Gasteiger partial charge is 0.480 e. The lowest BCUT2D eigenvalue weighted by atomic mass is 10.2. The molecule has 7 heteroatoms. The summed E-state index contributed by atoms with van der Waals surface area (Å²) >= 11 is 0. The molecule has 0 heterocycles. The first kappa shape index (κ1) is 19.4. The van der Waals surface area contributed by atoms with Crippen molar-refractivity contribution in [2.75, 3.05) is 25.6 Å². The summed E-state index contributed by atoms with van der Waals surface area (Å²) in [6.45, 7) is 0.723.